The maximum Gasteiger partial charge on any atom is 0.276 e. The second-order valence-electron chi connectivity index (χ2n) is 14.5. The molecule has 0 bridgehead atoms. The van der Waals surface area contributed by atoms with E-state index in [1.165, 1.54) is 5.56 Å². The van der Waals surface area contributed by atoms with Crippen LogP contribution in [0.1, 0.15) is 83.8 Å². The Labute approximate surface area is 268 Å². The molecule has 0 amide bonds. The SMILES string of the molecule is C=CC1(CCC2(c3ccc(OC)c(OC)c3)CC(OC3CCCCC3C(C)(C)c3ccccc3)O[N+](=O)C2)OCC(C)(C)CO1. The predicted octanol–water partition coefficient (Wildman–Crippen LogP) is 7.67. The Morgan fingerprint density at radius 3 is 2.33 bits per heavy atom. The van der Waals surface area contributed by atoms with Gasteiger partial charge in [-0.05, 0) is 59.9 Å². The molecule has 8 nitrogen and oxygen atoms in total. The maximum atomic E-state index is 13.4. The van der Waals surface area contributed by atoms with Gasteiger partial charge in [0.15, 0.2) is 17.3 Å². The van der Waals surface area contributed by atoms with E-state index in [-0.39, 0.29) is 29.4 Å². The molecule has 8 heteroatoms. The predicted molar refractivity (Wildman–Crippen MR) is 173 cm³/mol. The second-order valence-corrected chi connectivity index (χ2v) is 14.5. The average molecular weight is 623 g/mol. The molecule has 2 aliphatic heterocycles. The highest BCUT2D eigenvalue weighted by Gasteiger charge is 2.52. The number of methoxy groups -OCH3 is 2. The fourth-order valence-corrected chi connectivity index (χ4v) is 7.47. The first kappa shape index (κ1) is 33.4. The van der Waals surface area contributed by atoms with Gasteiger partial charge >= 0.3 is 0 Å². The fraction of sp³-hybridized carbons (Fsp3) is 0.622. The number of ether oxygens (including phenoxy) is 5. The first-order valence-corrected chi connectivity index (χ1v) is 16.4. The molecule has 2 saturated heterocycles. The summed E-state index contributed by atoms with van der Waals surface area (Å²) in [5, 5.41) is 0. The van der Waals surface area contributed by atoms with Gasteiger partial charge in [-0.3, -0.25) is 0 Å². The minimum Gasteiger partial charge on any atom is -0.493 e. The van der Waals surface area contributed by atoms with Crippen LogP contribution in [0.4, 0.5) is 0 Å². The van der Waals surface area contributed by atoms with E-state index in [1.807, 2.05) is 18.2 Å². The monoisotopic (exact) mass is 622 g/mol. The Balaban J connectivity index is 1.45. The quantitative estimate of drug-likeness (QED) is 0.238. The van der Waals surface area contributed by atoms with Gasteiger partial charge in [0.25, 0.3) is 12.8 Å². The molecule has 3 aliphatic rings. The first-order chi connectivity index (χ1) is 21.4. The van der Waals surface area contributed by atoms with Gasteiger partial charge < -0.3 is 23.7 Å². The standard InChI is InChI=1S/C37H52NO7/c1-8-37(42-25-34(2,3)26-43-37)21-20-36(28-18-19-31(40-6)32(22-28)41-7)23-33(45-38(39)24-36)44-30-17-13-12-16-29(30)35(4,5)27-14-10-9-11-15-27/h8-11,14-15,18-19,22,29-30,33H,1,12-13,16-17,20-21,23-26H2,2-7H3/q+1. The molecule has 45 heavy (non-hydrogen) atoms. The van der Waals surface area contributed by atoms with Gasteiger partial charge in [0.05, 0.1) is 43.9 Å². The summed E-state index contributed by atoms with van der Waals surface area (Å²) in [5.41, 5.74) is 1.43. The highest BCUT2D eigenvalue weighted by Crippen LogP contribution is 2.47. The Bertz CT molecular complexity index is 1320. The molecule has 2 aromatic carbocycles. The van der Waals surface area contributed by atoms with E-state index in [4.69, 9.17) is 28.5 Å². The maximum absolute atomic E-state index is 13.4. The third-order valence-corrected chi connectivity index (χ3v) is 10.4. The molecule has 5 rings (SSSR count). The zero-order chi connectivity index (χ0) is 32.3. The second kappa shape index (κ2) is 13.4. The van der Waals surface area contributed by atoms with Crippen molar-refractivity contribution in [2.24, 2.45) is 11.3 Å². The third-order valence-electron chi connectivity index (χ3n) is 10.4. The fourth-order valence-electron chi connectivity index (χ4n) is 7.47. The van der Waals surface area contributed by atoms with Gasteiger partial charge in [0, 0.05) is 18.3 Å². The molecule has 0 spiro atoms. The van der Waals surface area contributed by atoms with Crippen LogP contribution in [-0.2, 0) is 29.9 Å². The van der Waals surface area contributed by atoms with Crippen LogP contribution in [0.15, 0.2) is 61.2 Å². The molecule has 3 fully saturated rings. The van der Waals surface area contributed by atoms with E-state index >= 15 is 0 Å². The summed E-state index contributed by atoms with van der Waals surface area (Å²) in [7, 11) is 3.25. The highest BCUT2D eigenvalue weighted by molar-refractivity contribution is 5.45. The lowest BCUT2D eigenvalue weighted by atomic mass is 9.66. The van der Waals surface area contributed by atoms with Crippen molar-refractivity contribution >= 4 is 0 Å². The largest absolute Gasteiger partial charge is 0.493 e. The first-order valence-electron chi connectivity index (χ1n) is 16.4. The summed E-state index contributed by atoms with van der Waals surface area (Å²) in [6, 6.07) is 16.6. The molecular formula is C37H52NO7+. The van der Waals surface area contributed by atoms with Gasteiger partial charge in [-0.1, -0.05) is 83.5 Å². The van der Waals surface area contributed by atoms with Crippen LogP contribution in [-0.4, -0.2) is 57.1 Å². The zero-order valence-corrected chi connectivity index (χ0v) is 28.0. The van der Waals surface area contributed by atoms with Crippen molar-refractivity contribution in [3.05, 3.63) is 77.2 Å². The van der Waals surface area contributed by atoms with E-state index in [1.54, 1.807) is 20.3 Å². The van der Waals surface area contributed by atoms with E-state index < -0.39 is 17.5 Å². The summed E-state index contributed by atoms with van der Waals surface area (Å²) in [6.45, 7) is 14.2. The van der Waals surface area contributed by atoms with E-state index in [9.17, 15) is 4.91 Å². The molecule has 0 N–H and O–H groups in total. The molecular weight excluding hydrogens is 570 g/mol. The van der Waals surface area contributed by atoms with Crippen LogP contribution >= 0.6 is 0 Å². The number of rotatable bonds is 11. The summed E-state index contributed by atoms with van der Waals surface area (Å²) < 4.78 is 30.7. The normalized spacial score (nSPS) is 28.1. The van der Waals surface area contributed by atoms with Crippen molar-refractivity contribution in [2.75, 3.05) is 34.0 Å². The van der Waals surface area contributed by atoms with Gasteiger partial charge in [-0.2, -0.15) is 4.84 Å². The van der Waals surface area contributed by atoms with Crippen LogP contribution in [0.3, 0.4) is 0 Å². The molecule has 1 aliphatic carbocycles. The van der Waals surface area contributed by atoms with Crippen molar-refractivity contribution in [1.29, 1.82) is 0 Å². The van der Waals surface area contributed by atoms with Crippen molar-refractivity contribution in [3.8, 4) is 11.5 Å². The highest BCUT2D eigenvalue weighted by atomic mass is 16.8. The van der Waals surface area contributed by atoms with Crippen LogP contribution in [0.5, 0.6) is 11.5 Å². The number of hydrogen-bond donors (Lipinski definition) is 0. The van der Waals surface area contributed by atoms with Crippen LogP contribution < -0.4 is 9.47 Å². The summed E-state index contributed by atoms with van der Waals surface area (Å²) in [4.78, 5) is 20.1. The molecule has 2 aromatic rings. The minimum atomic E-state index is -0.935. The van der Waals surface area contributed by atoms with E-state index in [0.717, 1.165) is 31.2 Å². The van der Waals surface area contributed by atoms with Crippen LogP contribution in [0, 0.1) is 16.2 Å². The number of benzene rings is 2. The van der Waals surface area contributed by atoms with Crippen LogP contribution in [0.2, 0.25) is 0 Å². The molecule has 0 radical (unpaired) electrons. The molecule has 4 unspecified atom stereocenters. The summed E-state index contributed by atoms with van der Waals surface area (Å²) in [6.07, 6.45) is 6.85. The van der Waals surface area contributed by atoms with E-state index in [2.05, 4.69) is 64.6 Å². The third kappa shape index (κ3) is 7.23. The molecule has 0 aromatic heterocycles. The molecule has 1 saturated carbocycles. The summed E-state index contributed by atoms with van der Waals surface area (Å²) in [5.74, 6) is 0.590. The zero-order valence-electron chi connectivity index (χ0n) is 28.0. The smallest absolute Gasteiger partial charge is 0.276 e. The molecule has 2 heterocycles. The van der Waals surface area contributed by atoms with Gasteiger partial charge in [-0.15, -0.1) is 0 Å². The van der Waals surface area contributed by atoms with Crippen molar-refractivity contribution < 1.29 is 33.4 Å². The summed E-state index contributed by atoms with van der Waals surface area (Å²) >= 11 is 0. The van der Waals surface area contributed by atoms with Crippen LogP contribution in [0.25, 0.3) is 0 Å². The van der Waals surface area contributed by atoms with Gasteiger partial charge in [0.1, 0.15) is 0 Å². The van der Waals surface area contributed by atoms with Crippen molar-refractivity contribution in [2.45, 2.75) is 102 Å². The minimum absolute atomic E-state index is 0.0414. The van der Waals surface area contributed by atoms with Crippen molar-refractivity contribution in [3.63, 3.8) is 0 Å². The Hall–Kier alpha value is -2.94. The van der Waals surface area contributed by atoms with Gasteiger partial charge in [-0.25, -0.2) is 0 Å². The number of nitrogens with zero attached hydrogens (tertiary/aromatic N) is 1. The lowest BCUT2D eigenvalue weighted by Gasteiger charge is -2.45. The lowest BCUT2D eigenvalue weighted by Crippen LogP contribution is -2.52. The number of hydrogen-bond acceptors (Lipinski definition) is 7. The molecule has 246 valence electrons. The lowest BCUT2D eigenvalue weighted by molar-refractivity contribution is -0.839. The van der Waals surface area contributed by atoms with Crippen molar-refractivity contribution in [1.82, 2.24) is 0 Å². The topological polar surface area (TPSA) is 75.5 Å². The van der Waals surface area contributed by atoms with Gasteiger partial charge in [0.2, 0.25) is 4.92 Å². The van der Waals surface area contributed by atoms with E-state index in [0.29, 0.717) is 48.9 Å². The average Bonchev–Trinajstić information content (AvgIpc) is 3.04. The Kier molecular flexibility index (Phi) is 9.97. The Morgan fingerprint density at radius 2 is 1.67 bits per heavy atom. The Morgan fingerprint density at radius 1 is 0.978 bits per heavy atom. The molecule has 4 atom stereocenters.